The van der Waals surface area contributed by atoms with Gasteiger partial charge in [0.05, 0.1) is 26.9 Å². The van der Waals surface area contributed by atoms with Gasteiger partial charge in [0.1, 0.15) is 5.75 Å². The van der Waals surface area contributed by atoms with E-state index < -0.39 is 7.82 Å². The summed E-state index contributed by atoms with van der Waals surface area (Å²) < 4.78 is 32.5. The van der Waals surface area contributed by atoms with E-state index in [4.69, 9.17) is 18.3 Å². The Hall–Kier alpha value is -1.39. The standard InChI is InChI=1S/C16H23O5P/c1-4-19-22(17,20-5-2)21-14-10-6-7-11-15-12-8-9-13-16(15)18-3/h6-13H,4-5,14H2,1-3H3/b10-6+,11-7+. The van der Waals surface area contributed by atoms with Gasteiger partial charge < -0.3 is 4.74 Å². The molecule has 0 atom stereocenters. The highest BCUT2D eigenvalue weighted by Gasteiger charge is 2.24. The van der Waals surface area contributed by atoms with Crippen LogP contribution >= 0.6 is 7.82 Å². The molecule has 122 valence electrons. The van der Waals surface area contributed by atoms with Crippen LogP contribution in [0.4, 0.5) is 0 Å². The van der Waals surface area contributed by atoms with Crippen LogP contribution in [0, 0.1) is 0 Å². The Morgan fingerprint density at radius 2 is 1.73 bits per heavy atom. The maximum atomic E-state index is 12.0. The molecule has 1 rings (SSSR count). The van der Waals surface area contributed by atoms with Crippen molar-refractivity contribution < 1.29 is 22.9 Å². The second-order valence-electron chi connectivity index (χ2n) is 4.11. The van der Waals surface area contributed by atoms with E-state index >= 15 is 0 Å². The molecular weight excluding hydrogens is 303 g/mol. The quantitative estimate of drug-likeness (QED) is 0.469. The lowest BCUT2D eigenvalue weighted by molar-refractivity contribution is 0.131. The summed E-state index contributed by atoms with van der Waals surface area (Å²) in [7, 11) is -1.80. The maximum absolute atomic E-state index is 12.0. The Morgan fingerprint density at radius 3 is 2.36 bits per heavy atom. The van der Waals surface area contributed by atoms with E-state index in [0.717, 1.165) is 11.3 Å². The predicted octanol–water partition coefficient (Wildman–Crippen LogP) is 4.46. The van der Waals surface area contributed by atoms with Crippen molar-refractivity contribution in [3.8, 4) is 5.75 Å². The molecular formula is C16H23O5P. The Kier molecular flexibility index (Phi) is 8.78. The van der Waals surface area contributed by atoms with Gasteiger partial charge in [-0.3, -0.25) is 13.6 Å². The summed E-state index contributed by atoms with van der Waals surface area (Å²) in [5.41, 5.74) is 0.977. The molecule has 0 bridgehead atoms. The second-order valence-corrected chi connectivity index (χ2v) is 5.78. The molecule has 1 aromatic carbocycles. The van der Waals surface area contributed by atoms with Gasteiger partial charge in [0.25, 0.3) is 0 Å². The van der Waals surface area contributed by atoms with E-state index in [1.807, 2.05) is 36.4 Å². The Morgan fingerprint density at radius 1 is 1.05 bits per heavy atom. The van der Waals surface area contributed by atoms with E-state index in [0.29, 0.717) is 0 Å². The minimum atomic E-state index is -3.43. The lowest BCUT2D eigenvalue weighted by Gasteiger charge is -2.14. The number of hydrogen-bond acceptors (Lipinski definition) is 5. The van der Waals surface area contributed by atoms with Crippen LogP contribution in [0.25, 0.3) is 6.08 Å². The number of allylic oxidation sites excluding steroid dienone is 2. The van der Waals surface area contributed by atoms with Crippen molar-refractivity contribution in [1.29, 1.82) is 0 Å². The van der Waals surface area contributed by atoms with Crippen LogP contribution in [0.2, 0.25) is 0 Å². The van der Waals surface area contributed by atoms with Gasteiger partial charge >= 0.3 is 7.82 Å². The third-order valence-corrected chi connectivity index (χ3v) is 4.18. The summed E-state index contributed by atoms with van der Waals surface area (Å²) in [6.07, 6.45) is 7.30. The number of rotatable bonds is 10. The fraction of sp³-hybridized carbons (Fsp3) is 0.375. The van der Waals surface area contributed by atoms with E-state index in [-0.39, 0.29) is 19.8 Å². The summed E-state index contributed by atoms with van der Waals surface area (Å²) in [6, 6.07) is 7.71. The molecule has 0 fully saturated rings. The summed E-state index contributed by atoms with van der Waals surface area (Å²) in [5.74, 6) is 0.806. The predicted molar refractivity (Wildman–Crippen MR) is 88.0 cm³/mol. The molecule has 0 radical (unpaired) electrons. The van der Waals surface area contributed by atoms with Crippen molar-refractivity contribution in [3.63, 3.8) is 0 Å². The average Bonchev–Trinajstić information content (AvgIpc) is 2.51. The highest BCUT2D eigenvalue weighted by molar-refractivity contribution is 7.48. The lowest BCUT2D eigenvalue weighted by atomic mass is 10.2. The van der Waals surface area contributed by atoms with Crippen molar-refractivity contribution in [2.45, 2.75) is 13.8 Å². The molecule has 0 aliphatic heterocycles. The van der Waals surface area contributed by atoms with Gasteiger partial charge in [-0.25, -0.2) is 4.57 Å². The molecule has 1 aromatic rings. The highest BCUT2D eigenvalue weighted by atomic mass is 31.2. The minimum absolute atomic E-state index is 0.146. The van der Waals surface area contributed by atoms with Gasteiger partial charge in [-0.1, -0.05) is 42.5 Å². The summed E-state index contributed by atoms with van der Waals surface area (Å²) in [6.45, 7) is 4.17. The SMILES string of the molecule is CCOP(=O)(OCC)OC/C=C/C=C/c1ccccc1OC. The van der Waals surface area contributed by atoms with Crippen molar-refractivity contribution in [2.24, 2.45) is 0 Å². The zero-order valence-corrected chi connectivity index (χ0v) is 14.1. The van der Waals surface area contributed by atoms with Crippen LogP contribution in [0.1, 0.15) is 19.4 Å². The maximum Gasteiger partial charge on any atom is 0.475 e. The van der Waals surface area contributed by atoms with E-state index in [1.54, 1.807) is 33.1 Å². The zero-order chi connectivity index (χ0) is 16.3. The molecule has 6 heteroatoms. The van der Waals surface area contributed by atoms with Gasteiger partial charge in [-0.2, -0.15) is 0 Å². The fourth-order valence-corrected chi connectivity index (χ4v) is 2.78. The Balaban J connectivity index is 2.49. The van der Waals surface area contributed by atoms with Crippen LogP contribution < -0.4 is 4.74 Å². The first kappa shape index (κ1) is 18.7. The summed E-state index contributed by atoms with van der Waals surface area (Å²) >= 11 is 0. The largest absolute Gasteiger partial charge is 0.496 e. The van der Waals surface area contributed by atoms with E-state index in [9.17, 15) is 4.57 Å². The first-order valence-corrected chi connectivity index (χ1v) is 8.61. The number of phosphoric ester groups is 1. The molecule has 0 aromatic heterocycles. The van der Waals surface area contributed by atoms with Crippen molar-refractivity contribution >= 4 is 13.9 Å². The highest BCUT2D eigenvalue weighted by Crippen LogP contribution is 2.49. The first-order chi connectivity index (χ1) is 10.6. The van der Waals surface area contributed by atoms with Crippen molar-refractivity contribution in [2.75, 3.05) is 26.9 Å². The van der Waals surface area contributed by atoms with Crippen LogP contribution in [0.15, 0.2) is 42.5 Å². The van der Waals surface area contributed by atoms with Gasteiger partial charge in [-0.05, 0) is 19.9 Å². The minimum Gasteiger partial charge on any atom is -0.496 e. The smallest absolute Gasteiger partial charge is 0.475 e. The van der Waals surface area contributed by atoms with E-state index in [2.05, 4.69) is 0 Å². The number of benzene rings is 1. The number of methoxy groups -OCH3 is 1. The molecule has 0 amide bonds. The molecule has 0 N–H and O–H groups in total. The number of phosphoric acid groups is 1. The molecule has 0 unspecified atom stereocenters. The van der Waals surface area contributed by atoms with Gasteiger partial charge in [0.15, 0.2) is 0 Å². The molecule has 0 spiro atoms. The molecule has 0 heterocycles. The van der Waals surface area contributed by atoms with Crippen LogP contribution in [0.5, 0.6) is 5.75 Å². The Bertz CT molecular complexity index is 529. The topological polar surface area (TPSA) is 54.0 Å². The van der Waals surface area contributed by atoms with Crippen molar-refractivity contribution in [3.05, 3.63) is 48.1 Å². The number of para-hydroxylation sites is 1. The first-order valence-electron chi connectivity index (χ1n) is 7.15. The fourth-order valence-electron chi connectivity index (χ4n) is 1.66. The van der Waals surface area contributed by atoms with Crippen LogP contribution in [0.3, 0.4) is 0 Å². The monoisotopic (exact) mass is 326 g/mol. The average molecular weight is 326 g/mol. The zero-order valence-electron chi connectivity index (χ0n) is 13.2. The number of ether oxygens (including phenoxy) is 1. The van der Waals surface area contributed by atoms with Crippen LogP contribution in [-0.4, -0.2) is 26.9 Å². The molecule has 0 aliphatic rings. The third-order valence-electron chi connectivity index (χ3n) is 2.57. The number of hydrogen-bond donors (Lipinski definition) is 0. The Labute approximate surface area is 132 Å². The summed E-state index contributed by atoms with van der Waals surface area (Å²) in [4.78, 5) is 0. The second kappa shape index (κ2) is 10.4. The molecule has 0 saturated heterocycles. The van der Waals surface area contributed by atoms with Crippen molar-refractivity contribution in [1.82, 2.24) is 0 Å². The third kappa shape index (κ3) is 6.58. The molecule has 5 nitrogen and oxygen atoms in total. The van der Waals surface area contributed by atoms with Gasteiger partial charge in [0, 0.05) is 5.56 Å². The molecule has 0 saturated carbocycles. The lowest BCUT2D eigenvalue weighted by Crippen LogP contribution is -2.00. The normalized spacial score (nSPS) is 12.3. The molecule has 22 heavy (non-hydrogen) atoms. The van der Waals surface area contributed by atoms with Crippen LogP contribution in [-0.2, 0) is 18.1 Å². The molecule has 0 aliphatic carbocycles. The van der Waals surface area contributed by atoms with E-state index in [1.165, 1.54) is 0 Å². The van der Waals surface area contributed by atoms with Gasteiger partial charge in [-0.15, -0.1) is 0 Å². The van der Waals surface area contributed by atoms with Gasteiger partial charge in [0.2, 0.25) is 0 Å². The summed E-state index contributed by atoms with van der Waals surface area (Å²) in [5, 5.41) is 0.